The van der Waals surface area contributed by atoms with Gasteiger partial charge in [-0.3, -0.25) is 5.10 Å². The molecule has 0 atom stereocenters. The highest BCUT2D eigenvalue weighted by Crippen LogP contribution is 2.45. The molecule has 6 rings (SSSR count). The van der Waals surface area contributed by atoms with E-state index >= 15 is 0 Å². The van der Waals surface area contributed by atoms with Gasteiger partial charge in [0.2, 0.25) is 5.88 Å². The maximum atomic E-state index is 13.3. The normalized spacial score (nSPS) is 13.9. The van der Waals surface area contributed by atoms with Crippen LogP contribution in [0.25, 0.3) is 33.8 Å². The van der Waals surface area contributed by atoms with E-state index in [0.29, 0.717) is 51.9 Å². The number of nitrogens with one attached hydrogen (secondary N) is 1. The number of H-pyrrole nitrogens is 1. The highest BCUT2D eigenvalue weighted by atomic mass is 19.4. The monoisotopic (exact) mass is 534 g/mol. The average molecular weight is 535 g/mol. The molecule has 0 aliphatic heterocycles. The fraction of sp³-hybridized carbons (Fsp3) is 0.333. The minimum absolute atomic E-state index is 0.179. The van der Waals surface area contributed by atoms with Crippen LogP contribution in [-0.2, 0) is 12.6 Å². The standard InChI is InChI=1S/C27H25F3N8O/c1-14(2)38-12-20(27(28,29)30)34-25(38)17-6-4-15(5-7-17)10-18-23-19(37-36-18)11-31-24(35-23)21-22(16-8-9-16)32-13-33-26(21)39-3/h4-7,11-14,16H,8-10H2,1-3H3,(H,36,37). The van der Waals surface area contributed by atoms with Crippen molar-refractivity contribution in [2.24, 2.45) is 0 Å². The molecule has 0 amide bonds. The summed E-state index contributed by atoms with van der Waals surface area (Å²) in [6.45, 7) is 3.65. The van der Waals surface area contributed by atoms with Crippen molar-refractivity contribution >= 4 is 11.0 Å². The van der Waals surface area contributed by atoms with Gasteiger partial charge in [-0.15, -0.1) is 0 Å². The zero-order chi connectivity index (χ0) is 27.3. The molecule has 0 radical (unpaired) electrons. The summed E-state index contributed by atoms with van der Waals surface area (Å²) in [4.78, 5) is 22.0. The molecule has 200 valence electrons. The molecular weight excluding hydrogens is 509 g/mol. The molecule has 5 aromatic rings. The van der Waals surface area contributed by atoms with Crippen LogP contribution in [0, 0.1) is 0 Å². The van der Waals surface area contributed by atoms with E-state index in [2.05, 4.69) is 30.1 Å². The molecule has 9 nitrogen and oxygen atoms in total. The van der Waals surface area contributed by atoms with Crippen molar-refractivity contribution < 1.29 is 17.9 Å². The van der Waals surface area contributed by atoms with Gasteiger partial charge in [0, 0.05) is 30.1 Å². The zero-order valence-electron chi connectivity index (χ0n) is 21.5. The Morgan fingerprint density at radius 2 is 1.85 bits per heavy atom. The number of aromatic amines is 1. The third-order valence-corrected chi connectivity index (χ3v) is 6.76. The number of hydrogen-bond donors (Lipinski definition) is 1. The average Bonchev–Trinajstić information content (AvgIpc) is 3.53. The molecule has 0 bridgehead atoms. The first-order chi connectivity index (χ1) is 18.7. The Morgan fingerprint density at radius 3 is 2.51 bits per heavy atom. The number of alkyl halides is 3. The summed E-state index contributed by atoms with van der Waals surface area (Å²) in [7, 11) is 1.56. The fourth-order valence-corrected chi connectivity index (χ4v) is 4.62. The molecule has 1 fully saturated rings. The SMILES string of the molecule is COc1ncnc(C2CC2)c1-c1ncc2[nH]nc(Cc3ccc(-c4nc(C(F)(F)F)cn4C(C)C)cc3)c2n1. The Hall–Kier alpha value is -4.35. The predicted octanol–water partition coefficient (Wildman–Crippen LogP) is 5.75. The second kappa shape index (κ2) is 9.44. The summed E-state index contributed by atoms with van der Waals surface area (Å²) in [5, 5.41) is 7.44. The number of aromatic nitrogens is 8. The predicted molar refractivity (Wildman–Crippen MR) is 137 cm³/mol. The molecule has 12 heteroatoms. The van der Waals surface area contributed by atoms with E-state index in [1.54, 1.807) is 25.4 Å². The number of halogens is 3. The van der Waals surface area contributed by atoms with Crippen LogP contribution in [0.2, 0.25) is 0 Å². The van der Waals surface area contributed by atoms with E-state index in [1.807, 2.05) is 26.0 Å². The van der Waals surface area contributed by atoms with Crippen LogP contribution in [0.5, 0.6) is 5.88 Å². The van der Waals surface area contributed by atoms with Crippen molar-refractivity contribution in [2.45, 2.75) is 51.2 Å². The Labute approximate surface area is 221 Å². The first-order valence-corrected chi connectivity index (χ1v) is 12.6. The van der Waals surface area contributed by atoms with Gasteiger partial charge in [-0.2, -0.15) is 18.3 Å². The highest BCUT2D eigenvalue weighted by Gasteiger charge is 2.35. The largest absolute Gasteiger partial charge is 0.480 e. The van der Waals surface area contributed by atoms with E-state index < -0.39 is 11.9 Å². The number of imidazole rings is 1. The van der Waals surface area contributed by atoms with Crippen LogP contribution in [0.3, 0.4) is 0 Å². The summed E-state index contributed by atoms with van der Waals surface area (Å²) in [6, 6.07) is 7.11. The molecule has 0 spiro atoms. The van der Waals surface area contributed by atoms with Crippen LogP contribution < -0.4 is 4.74 Å². The van der Waals surface area contributed by atoms with E-state index in [1.165, 1.54) is 10.9 Å². The van der Waals surface area contributed by atoms with Crippen LogP contribution in [0.15, 0.2) is 43.0 Å². The van der Waals surface area contributed by atoms with Gasteiger partial charge < -0.3 is 9.30 Å². The quantitative estimate of drug-likeness (QED) is 0.283. The summed E-state index contributed by atoms with van der Waals surface area (Å²) in [6.07, 6.45) is 2.30. The molecule has 4 aromatic heterocycles. The number of hydrogen-bond acceptors (Lipinski definition) is 7. The molecule has 1 aliphatic carbocycles. The topological polar surface area (TPSA) is 107 Å². The van der Waals surface area contributed by atoms with E-state index in [9.17, 15) is 13.2 Å². The van der Waals surface area contributed by atoms with E-state index in [4.69, 9.17) is 9.72 Å². The van der Waals surface area contributed by atoms with E-state index in [0.717, 1.165) is 30.3 Å². The van der Waals surface area contributed by atoms with Crippen molar-refractivity contribution in [3.8, 4) is 28.7 Å². The number of fused-ring (bicyclic) bond motifs is 1. The molecule has 1 saturated carbocycles. The molecule has 0 saturated heterocycles. The number of benzene rings is 1. The molecular formula is C27H25F3N8O. The Kier molecular flexibility index (Phi) is 6.04. The molecule has 1 aliphatic rings. The minimum atomic E-state index is -4.51. The Balaban J connectivity index is 1.32. The molecule has 4 heterocycles. The van der Waals surface area contributed by atoms with Crippen molar-refractivity contribution in [1.82, 2.24) is 39.7 Å². The first kappa shape index (κ1) is 25.0. The second-order valence-corrected chi connectivity index (χ2v) is 9.87. The minimum Gasteiger partial charge on any atom is -0.480 e. The zero-order valence-corrected chi connectivity index (χ0v) is 21.5. The number of rotatable bonds is 7. The molecule has 1 N–H and O–H groups in total. The van der Waals surface area contributed by atoms with Gasteiger partial charge in [-0.25, -0.2) is 24.9 Å². The lowest BCUT2D eigenvalue weighted by atomic mass is 10.1. The summed E-state index contributed by atoms with van der Waals surface area (Å²) in [5.41, 5.74) is 4.27. The smallest absolute Gasteiger partial charge is 0.434 e. The highest BCUT2D eigenvalue weighted by molar-refractivity contribution is 5.79. The van der Waals surface area contributed by atoms with Gasteiger partial charge in [0.05, 0.1) is 24.7 Å². The van der Waals surface area contributed by atoms with E-state index in [-0.39, 0.29) is 11.9 Å². The van der Waals surface area contributed by atoms with Gasteiger partial charge in [0.1, 0.15) is 28.7 Å². The molecule has 0 unspecified atom stereocenters. The maximum absolute atomic E-state index is 13.3. The van der Waals surface area contributed by atoms with Crippen molar-refractivity contribution in [3.05, 3.63) is 65.6 Å². The third-order valence-electron chi connectivity index (χ3n) is 6.76. The van der Waals surface area contributed by atoms with Gasteiger partial charge in [0.15, 0.2) is 11.5 Å². The Bertz CT molecular complexity index is 1650. The lowest BCUT2D eigenvalue weighted by molar-refractivity contribution is -0.140. The van der Waals surface area contributed by atoms with Crippen molar-refractivity contribution in [2.75, 3.05) is 7.11 Å². The van der Waals surface area contributed by atoms with Gasteiger partial charge in [0.25, 0.3) is 0 Å². The maximum Gasteiger partial charge on any atom is 0.434 e. The van der Waals surface area contributed by atoms with Crippen LogP contribution in [0.1, 0.15) is 61.3 Å². The summed E-state index contributed by atoms with van der Waals surface area (Å²) in [5.74, 6) is 1.52. The van der Waals surface area contributed by atoms with Crippen molar-refractivity contribution in [1.29, 1.82) is 0 Å². The van der Waals surface area contributed by atoms with Crippen molar-refractivity contribution in [3.63, 3.8) is 0 Å². The van der Waals surface area contributed by atoms with Gasteiger partial charge in [-0.1, -0.05) is 24.3 Å². The lowest BCUT2D eigenvalue weighted by Gasteiger charge is -2.11. The van der Waals surface area contributed by atoms with Crippen LogP contribution >= 0.6 is 0 Å². The summed E-state index contributed by atoms with van der Waals surface area (Å²) < 4.78 is 46.9. The van der Waals surface area contributed by atoms with Crippen LogP contribution in [0.4, 0.5) is 13.2 Å². The first-order valence-electron chi connectivity index (χ1n) is 12.6. The number of ether oxygens (including phenoxy) is 1. The van der Waals surface area contributed by atoms with Gasteiger partial charge in [-0.05, 0) is 32.3 Å². The number of methoxy groups -OCH3 is 1. The third kappa shape index (κ3) is 4.70. The molecule has 1 aromatic carbocycles. The Morgan fingerprint density at radius 1 is 1.08 bits per heavy atom. The summed E-state index contributed by atoms with van der Waals surface area (Å²) >= 11 is 0. The molecule has 39 heavy (non-hydrogen) atoms. The van der Waals surface area contributed by atoms with Gasteiger partial charge >= 0.3 is 6.18 Å². The fourth-order valence-electron chi connectivity index (χ4n) is 4.62. The number of nitrogens with zero attached hydrogens (tertiary/aromatic N) is 7. The second-order valence-electron chi connectivity index (χ2n) is 9.87. The lowest BCUT2D eigenvalue weighted by Crippen LogP contribution is -2.05. The van der Waals surface area contributed by atoms with Crippen LogP contribution in [-0.4, -0.2) is 46.8 Å².